The molecule has 2 aromatic carbocycles. The van der Waals surface area contributed by atoms with Gasteiger partial charge in [-0.15, -0.1) is 0 Å². The van der Waals surface area contributed by atoms with Crippen LogP contribution in [0.3, 0.4) is 0 Å². The van der Waals surface area contributed by atoms with E-state index in [1.54, 1.807) is 0 Å². The molecule has 0 aromatic heterocycles. The minimum atomic E-state index is -1.52. The van der Waals surface area contributed by atoms with E-state index < -0.39 is 23.8 Å². The fourth-order valence-corrected chi connectivity index (χ4v) is 3.81. The molecule has 3 rings (SSSR count). The number of carboxylic acid groups (broad SMARTS) is 1. The molecule has 0 saturated carbocycles. The zero-order valence-corrected chi connectivity index (χ0v) is 16.2. The number of amides is 2. The molecule has 0 aliphatic carbocycles. The standard InChI is InChI=1S/C17H9Cl4NO5/c18-11-9-10(12(19)14(21)13(11)20)16(25)22(15(9)24)8(17(26)27)5-6-1-3-7(23)4-2-6/h1-4,8,23H,5H2,(H,26,27)/t8-/m0/s1. The van der Waals surface area contributed by atoms with Crippen molar-refractivity contribution in [1.29, 1.82) is 0 Å². The first-order chi connectivity index (χ1) is 12.6. The number of halogens is 4. The van der Waals surface area contributed by atoms with Crippen molar-refractivity contribution >= 4 is 64.2 Å². The van der Waals surface area contributed by atoms with E-state index in [2.05, 4.69) is 0 Å². The molecule has 10 heteroatoms. The van der Waals surface area contributed by atoms with Crippen LogP contribution in [0.25, 0.3) is 0 Å². The predicted octanol–water partition coefficient (Wildman–Crippen LogP) is 4.30. The van der Waals surface area contributed by atoms with Gasteiger partial charge in [-0.2, -0.15) is 0 Å². The maximum absolute atomic E-state index is 12.8. The van der Waals surface area contributed by atoms with Crippen LogP contribution in [0.4, 0.5) is 0 Å². The topological polar surface area (TPSA) is 94.9 Å². The molecule has 0 bridgehead atoms. The molecule has 2 aromatic rings. The highest BCUT2D eigenvalue weighted by Gasteiger charge is 2.46. The number of rotatable bonds is 4. The van der Waals surface area contributed by atoms with Crippen molar-refractivity contribution in [2.75, 3.05) is 0 Å². The Bertz CT molecular complexity index is 943. The van der Waals surface area contributed by atoms with Crippen molar-refractivity contribution in [3.63, 3.8) is 0 Å². The van der Waals surface area contributed by atoms with Crippen LogP contribution in [0.2, 0.25) is 20.1 Å². The van der Waals surface area contributed by atoms with Gasteiger partial charge in [0.25, 0.3) is 11.8 Å². The average Bonchev–Trinajstić information content (AvgIpc) is 2.88. The Morgan fingerprint density at radius 2 is 1.33 bits per heavy atom. The van der Waals surface area contributed by atoms with E-state index in [4.69, 9.17) is 46.4 Å². The van der Waals surface area contributed by atoms with Gasteiger partial charge in [0.2, 0.25) is 0 Å². The molecule has 2 amide bonds. The average molecular weight is 449 g/mol. The number of nitrogens with zero attached hydrogens (tertiary/aromatic N) is 1. The lowest BCUT2D eigenvalue weighted by Gasteiger charge is -2.22. The summed E-state index contributed by atoms with van der Waals surface area (Å²) < 4.78 is 0. The molecule has 1 aliphatic heterocycles. The second-order valence-electron chi connectivity index (χ2n) is 5.71. The molecule has 1 aliphatic rings. The maximum atomic E-state index is 12.8. The number of aromatic hydroxyl groups is 1. The summed E-state index contributed by atoms with van der Waals surface area (Å²) in [7, 11) is 0. The number of phenolic OH excluding ortho intramolecular Hbond substituents is 1. The van der Waals surface area contributed by atoms with Crippen molar-refractivity contribution in [3.05, 3.63) is 61.0 Å². The first-order valence-corrected chi connectivity index (χ1v) is 8.90. The number of hydrogen-bond acceptors (Lipinski definition) is 4. The van der Waals surface area contributed by atoms with Crippen LogP contribution >= 0.6 is 46.4 Å². The van der Waals surface area contributed by atoms with Gasteiger partial charge < -0.3 is 10.2 Å². The van der Waals surface area contributed by atoms with Crippen LogP contribution in [0.1, 0.15) is 26.3 Å². The lowest BCUT2D eigenvalue weighted by atomic mass is 10.0. The molecule has 2 N–H and O–H groups in total. The van der Waals surface area contributed by atoms with Gasteiger partial charge in [-0.1, -0.05) is 58.5 Å². The molecule has 0 spiro atoms. The maximum Gasteiger partial charge on any atom is 0.327 e. The summed E-state index contributed by atoms with van der Waals surface area (Å²) in [6, 6.07) is 4.17. The van der Waals surface area contributed by atoms with Gasteiger partial charge in [0.15, 0.2) is 0 Å². The quantitative estimate of drug-likeness (QED) is 0.413. The van der Waals surface area contributed by atoms with Crippen molar-refractivity contribution < 1.29 is 24.6 Å². The molecule has 0 saturated heterocycles. The predicted molar refractivity (Wildman–Crippen MR) is 100 cm³/mol. The Balaban J connectivity index is 2.07. The highest BCUT2D eigenvalue weighted by atomic mass is 35.5. The largest absolute Gasteiger partial charge is 0.508 e. The first kappa shape index (κ1) is 19.8. The fourth-order valence-electron chi connectivity index (χ4n) is 2.79. The van der Waals surface area contributed by atoms with Crippen molar-refractivity contribution in [3.8, 4) is 5.75 Å². The van der Waals surface area contributed by atoms with Crippen molar-refractivity contribution in [2.45, 2.75) is 12.5 Å². The highest BCUT2D eigenvalue weighted by Crippen LogP contribution is 2.45. The molecule has 0 fully saturated rings. The van der Waals surface area contributed by atoms with Crippen LogP contribution in [-0.2, 0) is 11.2 Å². The number of hydrogen-bond donors (Lipinski definition) is 2. The molecule has 0 radical (unpaired) electrons. The summed E-state index contributed by atoms with van der Waals surface area (Å²) in [5.41, 5.74) is -0.0685. The molecule has 0 unspecified atom stereocenters. The summed E-state index contributed by atoms with van der Waals surface area (Å²) in [4.78, 5) is 37.9. The summed E-state index contributed by atoms with van der Waals surface area (Å²) in [5.74, 6) is -3.26. The summed E-state index contributed by atoms with van der Waals surface area (Å²) in [5, 5.41) is 18.0. The number of aliphatic carboxylic acids is 1. The third-order valence-corrected chi connectivity index (χ3v) is 5.90. The van der Waals surface area contributed by atoms with Crippen LogP contribution in [0, 0.1) is 0 Å². The lowest BCUT2D eigenvalue weighted by Crippen LogP contribution is -2.46. The zero-order chi connectivity index (χ0) is 20.0. The van der Waals surface area contributed by atoms with E-state index in [0.29, 0.717) is 10.5 Å². The second-order valence-corrected chi connectivity index (χ2v) is 7.22. The Morgan fingerprint density at radius 3 is 1.74 bits per heavy atom. The van der Waals surface area contributed by atoms with Gasteiger partial charge in [0, 0.05) is 6.42 Å². The number of phenols is 1. The molecule has 1 atom stereocenters. The zero-order valence-electron chi connectivity index (χ0n) is 13.2. The first-order valence-electron chi connectivity index (χ1n) is 7.39. The summed E-state index contributed by atoms with van der Waals surface area (Å²) >= 11 is 24.0. The van der Waals surface area contributed by atoms with E-state index in [1.807, 2.05) is 0 Å². The normalized spacial score (nSPS) is 14.4. The second kappa shape index (κ2) is 7.20. The fraction of sp³-hybridized carbons (Fsp3) is 0.118. The van der Waals surface area contributed by atoms with Gasteiger partial charge in [-0.25, -0.2) is 4.79 Å². The minimum Gasteiger partial charge on any atom is -0.508 e. The Kier molecular flexibility index (Phi) is 5.27. The smallest absolute Gasteiger partial charge is 0.327 e. The highest BCUT2D eigenvalue weighted by molar-refractivity contribution is 6.55. The van der Waals surface area contributed by atoms with Gasteiger partial charge in [-0.3, -0.25) is 14.5 Å². The SMILES string of the molecule is O=C(O)[C@H](Cc1ccc(O)cc1)N1C(=O)c2c(Cl)c(Cl)c(Cl)c(Cl)c2C1=O. The third-order valence-electron chi connectivity index (χ3n) is 4.09. The third kappa shape index (κ3) is 3.23. The molecule has 27 heavy (non-hydrogen) atoms. The number of imide groups is 1. The van der Waals surface area contributed by atoms with Crippen molar-refractivity contribution in [1.82, 2.24) is 4.90 Å². The molecule has 140 valence electrons. The van der Waals surface area contributed by atoms with Gasteiger partial charge in [-0.05, 0) is 17.7 Å². The number of benzene rings is 2. The summed E-state index contributed by atoms with van der Waals surface area (Å²) in [6.07, 6.45) is -0.183. The number of carbonyl (C=O) groups excluding carboxylic acids is 2. The van der Waals surface area contributed by atoms with E-state index in [0.717, 1.165) is 0 Å². The van der Waals surface area contributed by atoms with Crippen LogP contribution in [-0.4, -0.2) is 38.9 Å². The monoisotopic (exact) mass is 447 g/mol. The van der Waals surface area contributed by atoms with Gasteiger partial charge in [0.1, 0.15) is 11.8 Å². The molecule has 6 nitrogen and oxygen atoms in total. The lowest BCUT2D eigenvalue weighted by molar-refractivity contribution is -0.141. The Morgan fingerprint density at radius 1 is 0.889 bits per heavy atom. The van der Waals surface area contributed by atoms with E-state index in [1.165, 1.54) is 24.3 Å². The van der Waals surface area contributed by atoms with Crippen molar-refractivity contribution in [2.24, 2.45) is 0 Å². The van der Waals surface area contributed by atoms with Crippen LogP contribution < -0.4 is 0 Å². The molecule has 1 heterocycles. The molecular formula is C17H9Cl4NO5. The number of fused-ring (bicyclic) bond motifs is 1. The van der Waals surface area contributed by atoms with Crippen LogP contribution in [0.15, 0.2) is 24.3 Å². The minimum absolute atomic E-state index is 0.00537. The molecular weight excluding hydrogens is 440 g/mol. The van der Waals surface area contributed by atoms with E-state index in [9.17, 15) is 24.6 Å². The van der Waals surface area contributed by atoms with E-state index >= 15 is 0 Å². The van der Waals surface area contributed by atoms with E-state index in [-0.39, 0.29) is 43.4 Å². The van der Waals surface area contributed by atoms with Gasteiger partial charge >= 0.3 is 5.97 Å². The summed E-state index contributed by atoms with van der Waals surface area (Å²) in [6.45, 7) is 0. The van der Waals surface area contributed by atoms with Crippen LogP contribution in [0.5, 0.6) is 5.75 Å². The Hall–Kier alpha value is -1.99. The number of carbonyl (C=O) groups is 3. The van der Waals surface area contributed by atoms with Gasteiger partial charge in [0.05, 0.1) is 31.2 Å². The number of carboxylic acids is 1. The Labute approximate surface area is 172 Å².